The Balaban J connectivity index is 2.00. The van der Waals surface area contributed by atoms with Crippen molar-refractivity contribution in [1.29, 1.82) is 0 Å². The molecule has 148 valence electrons. The molecule has 1 saturated carbocycles. The number of hydrogen-bond acceptors (Lipinski definition) is 4. The van der Waals surface area contributed by atoms with Crippen LogP contribution in [-0.4, -0.2) is 28.3 Å². The molecule has 3 aromatic rings. The summed E-state index contributed by atoms with van der Waals surface area (Å²) < 4.78 is 28.1. The zero-order valence-electron chi connectivity index (χ0n) is 16.7. The summed E-state index contributed by atoms with van der Waals surface area (Å²) in [6, 6.07) is 5.72. The highest BCUT2D eigenvalue weighted by Crippen LogP contribution is 2.41. The van der Waals surface area contributed by atoms with Gasteiger partial charge in [-0.1, -0.05) is 6.92 Å². The van der Waals surface area contributed by atoms with E-state index >= 15 is 0 Å². The zero-order chi connectivity index (χ0) is 20.2. The van der Waals surface area contributed by atoms with Gasteiger partial charge in [0.25, 0.3) is 5.56 Å². The number of nitrogens with zero attached hydrogens (tertiary/aromatic N) is 3. The lowest BCUT2D eigenvalue weighted by atomic mass is 10.0. The molecule has 28 heavy (non-hydrogen) atoms. The first kappa shape index (κ1) is 18.9. The Morgan fingerprint density at radius 3 is 2.50 bits per heavy atom. The molecule has 7 heteroatoms. The van der Waals surface area contributed by atoms with Gasteiger partial charge < -0.3 is 9.13 Å². The number of rotatable bonds is 5. The molecular formula is C21H25N3O3S. The molecule has 1 aromatic carbocycles. The van der Waals surface area contributed by atoms with Crippen molar-refractivity contribution in [1.82, 2.24) is 14.1 Å². The molecule has 0 atom stereocenters. The number of hydrogen-bond donors (Lipinski definition) is 0. The predicted molar refractivity (Wildman–Crippen MR) is 111 cm³/mol. The summed E-state index contributed by atoms with van der Waals surface area (Å²) in [6.07, 6.45) is 4.08. The molecule has 0 bridgehead atoms. The van der Waals surface area contributed by atoms with Crippen LogP contribution in [0.15, 0.2) is 29.2 Å². The minimum atomic E-state index is -3.16. The van der Waals surface area contributed by atoms with E-state index in [1.165, 1.54) is 0 Å². The van der Waals surface area contributed by atoms with E-state index in [0.29, 0.717) is 11.5 Å². The normalized spacial score (nSPS) is 14.7. The third-order valence-electron chi connectivity index (χ3n) is 5.52. The van der Waals surface area contributed by atoms with Gasteiger partial charge in [-0.2, -0.15) is 0 Å². The van der Waals surface area contributed by atoms with Crippen LogP contribution in [0, 0.1) is 6.92 Å². The first-order valence-corrected chi connectivity index (χ1v) is 11.4. The van der Waals surface area contributed by atoms with E-state index in [0.717, 1.165) is 46.4 Å². The van der Waals surface area contributed by atoms with Crippen molar-refractivity contribution in [2.45, 2.75) is 38.4 Å². The van der Waals surface area contributed by atoms with Crippen LogP contribution in [0.4, 0.5) is 0 Å². The van der Waals surface area contributed by atoms with Gasteiger partial charge in [0.2, 0.25) is 0 Å². The van der Waals surface area contributed by atoms with Crippen molar-refractivity contribution in [2.75, 3.05) is 5.75 Å². The Morgan fingerprint density at radius 1 is 1.18 bits per heavy atom. The third-order valence-corrected chi connectivity index (χ3v) is 7.18. The van der Waals surface area contributed by atoms with Crippen LogP contribution in [0.1, 0.15) is 42.6 Å². The van der Waals surface area contributed by atoms with E-state index < -0.39 is 9.84 Å². The third kappa shape index (κ3) is 3.28. The number of sulfone groups is 1. The van der Waals surface area contributed by atoms with E-state index in [1.807, 2.05) is 25.2 Å². The Bertz CT molecular complexity index is 1220. The SMILES string of the molecule is CCS(=O)(=O)Cc1cc(-c2cc(C)c(=O)n(C)c2)c2nc(C3CC3)n(C)c2c1. The summed E-state index contributed by atoms with van der Waals surface area (Å²) >= 11 is 0. The van der Waals surface area contributed by atoms with Crippen LogP contribution in [0.5, 0.6) is 0 Å². The molecule has 1 fully saturated rings. The molecular weight excluding hydrogens is 374 g/mol. The quantitative estimate of drug-likeness (QED) is 0.661. The van der Waals surface area contributed by atoms with Gasteiger partial charge in [-0.25, -0.2) is 13.4 Å². The second kappa shape index (κ2) is 6.58. The summed E-state index contributed by atoms with van der Waals surface area (Å²) in [5.41, 5.74) is 4.91. The molecule has 1 aliphatic rings. The van der Waals surface area contributed by atoms with Crippen LogP contribution >= 0.6 is 0 Å². The van der Waals surface area contributed by atoms with Crippen LogP contribution in [0.25, 0.3) is 22.2 Å². The smallest absolute Gasteiger partial charge is 0.253 e. The van der Waals surface area contributed by atoms with E-state index in [-0.39, 0.29) is 17.1 Å². The van der Waals surface area contributed by atoms with Gasteiger partial charge in [0.1, 0.15) is 5.82 Å². The van der Waals surface area contributed by atoms with E-state index in [9.17, 15) is 13.2 Å². The van der Waals surface area contributed by atoms with Crippen LogP contribution in [0.2, 0.25) is 0 Å². The van der Waals surface area contributed by atoms with Crippen molar-refractivity contribution in [3.8, 4) is 11.1 Å². The maximum Gasteiger partial charge on any atom is 0.253 e. The molecule has 4 rings (SSSR count). The van der Waals surface area contributed by atoms with Crippen molar-refractivity contribution in [2.24, 2.45) is 14.1 Å². The summed E-state index contributed by atoms with van der Waals surface area (Å²) in [4.78, 5) is 17.0. The van der Waals surface area contributed by atoms with Crippen molar-refractivity contribution >= 4 is 20.9 Å². The molecule has 0 unspecified atom stereocenters. The number of aromatic nitrogens is 3. The van der Waals surface area contributed by atoms with Gasteiger partial charge in [0, 0.05) is 48.7 Å². The summed E-state index contributed by atoms with van der Waals surface area (Å²) in [6.45, 7) is 3.46. The Labute approximate surface area is 164 Å². The molecule has 0 N–H and O–H groups in total. The molecule has 0 radical (unpaired) electrons. The van der Waals surface area contributed by atoms with Gasteiger partial charge in [-0.3, -0.25) is 4.79 Å². The minimum Gasteiger partial charge on any atom is -0.331 e. The van der Waals surface area contributed by atoms with Crippen molar-refractivity contribution < 1.29 is 8.42 Å². The lowest BCUT2D eigenvalue weighted by Gasteiger charge is -2.11. The van der Waals surface area contributed by atoms with Gasteiger partial charge >= 0.3 is 0 Å². The fourth-order valence-electron chi connectivity index (χ4n) is 3.75. The van der Waals surface area contributed by atoms with Crippen LogP contribution in [0.3, 0.4) is 0 Å². The van der Waals surface area contributed by atoms with Crippen molar-refractivity contribution in [3.05, 3.63) is 51.7 Å². The number of fused-ring (bicyclic) bond motifs is 1. The maximum absolute atomic E-state index is 12.2. The molecule has 2 heterocycles. The molecule has 6 nitrogen and oxygen atoms in total. The molecule has 0 spiro atoms. The van der Waals surface area contributed by atoms with Gasteiger partial charge in [-0.05, 0) is 43.5 Å². The Morgan fingerprint density at radius 2 is 1.89 bits per heavy atom. The zero-order valence-corrected chi connectivity index (χ0v) is 17.5. The topological polar surface area (TPSA) is 74.0 Å². The average Bonchev–Trinajstić information content (AvgIpc) is 3.43. The minimum absolute atomic E-state index is 0.00112. The summed E-state index contributed by atoms with van der Waals surface area (Å²) in [5.74, 6) is 1.64. The van der Waals surface area contributed by atoms with Gasteiger partial charge in [0.15, 0.2) is 9.84 Å². The standard InChI is InChI=1S/C21H25N3O3S/c1-5-28(26,27)12-14-9-17(16-8-13(2)21(25)23(3)11-16)19-18(10-14)24(4)20(22-19)15-6-7-15/h8-11,15H,5-7,12H2,1-4H3. The summed E-state index contributed by atoms with van der Waals surface area (Å²) in [5, 5.41) is 0. The highest BCUT2D eigenvalue weighted by molar-refractivity contribution is 7.90. The highest BCUT2D eigenvalue weighted by atomic mass is 32.2. The lowest BCUT2D eigenvalue weighted by Crippen LogP contribution is -2.18. The van der Waals surface area contributed by atoms with Gasteiger partial charge in [-0.15, -0.1) is 0 Å². The highest BCUT2D eigenvalue weighted by Gasteiger charge is 2.29. The number of aryl methyl sites for hydroxylation is 3. The van der Waals surface area contributed by atoms with Crippen molar-refractivity contribution in [3.63, 3.8) is 0 Å². The summed E-state index contributed by atoms with van der Waals surface area (Å²) in [7, 11) is 0.570. The fourth-order valence-corrected chi connectivity index (χ4v) is 4.63. The number of benzene rings is 1. The van der Waals surface area contributed by atoms with E-state index in [2.05, 4.69) is 4.57 Å². The average molecular weight is 400 g/mol. The van der Waals surface area contributed by atoms with Crippen LogP contribution in [-0.2, 0) is 29.7 Å². The molecule has 0 amide bonds. The Hall–Kier alpha value is -2.41. The number of imidazole rings is 1. The first-order chi connectivity index (χ1) is 13.2. The molecule has 2 aromatic heterocycles. The Kier molecular flexibility index (Phi) is 4.45. The molecule has 1 aliphatic carbocycles. The van der Waals surface area contributed by atoms with Crippen LogP contribution < -0.4 is 5.56 Å². The maximum atomic E-state index is 12.2. The second-order valence-electron chi connectivity index (χ2n) is 7.82. The van der Waals surface area contributed by atoms with Gasteiger partial charge in [0.05, 0.1) is 16.8 Å². The first-order valence-electron chi connectivity index (χ1n) is 9.57. The number of pyridine rings is 1. The van der Waals surface area contributed by atoms with E-state index in [1.54, 1.807) is 31.7 Å². The van der Waals surface area contributed by atoms with E-state index in [4.69, 9.17) is 4.98 Å². The molecule has 0 aliphatic heterocycles. The molecule has 0 saturated heterocycles. The fraction of sp³-hybridized carbons (Fsp3) is 0.429. The second-order valence-corrected chi connectivity index (χ2v) is 10.2. The lowest BCUT2D eigenvalue weighted by molar-refractivity contribution is 0.596. The largest absolute Gasteiger partial charge is 0.331 e. The predicted octanol–water partition coefficient (Wildman–Crippen LogP) is 3.06. The monoisotopic (exact) mass is 399 g/mol.